The van der Waals surface area contributed by atoms with Crippen molar-refractivity contribution in [3.05, 3.63) is 29.8 Å². The minimum Gasteiger partial charge on any atom is -0.497 e. The summed E-state index contributed by atoms with van der Waals surface area (Å²) in [6, 6.07) is 7.09. The van der Waals surface area contributed by atoms with Crippen molar-refractivity contribution in [2.45, 2.75) is 26.6 Å². The minimum absolute atomic E-state index is 0.0605. The number of carbonyl (C=O) groups is 2. The Morgan fingerprint density at radius 1 is 1.33 bits per heavy atom. The van der Waals surface area contributed by atoms with E-state index in [0.717, 1.165) is 11.3 Å². The average Bonchev–Trinajstić information content (AvgIpc) is 2.72. The Kier molecular flexibility index (Phi) is 4.35. The molecule has 1 aromatic carbocycles. The van der Waals surface area contributed by atoms with E-state index in [4.69, 9.17) is 18.9 Å². The Balaban J connectivity index is 1.85. The van der Waals surface area contributed by atoms with Crippen molar-refractivity contribution < 1.29 is 28.5 Å². The predicted octanol–water partition coefficient (Wildman–Crippen LogP) is 2.30. The summed E-state index contributed by atoms with van der Waals surface area (Å²) < 4.78 is 20.0. The molecule has 114 valence electrons. The molecule has 6 heteroatoms. The number of hydrogen-bond donors (Lipinski definition) is 0. The first-order valence-corrected chi connectivity index (χ1v) is 6.55. The summed E-state index contributed by atoms with van der Waals surface area (Å²) in [6.45, 7) is 3.87. The van der Waals surface area contributed by atoms with Crippen molar-refractivity contribution in [1.29, 1.82) is 0 Å². The molecule has 1 saturated heterocycles. The van der Waals surface area contributed by atoms with Crippen molar-refractivity contribution in [3.63, 3.8) is 0 Å². The predicted molar refractivity (Wildman–Crippen MR) is 72.8 cm³/mol. The molecule has 1 aromatic rings. The first-order chi connectivity index (χ1) is 9.92. The van der Waals surface area contributed by atoms with Gasteiger partial charge in [-0.15, -0.1) is 0 Å². The van der Waals surface area contributed by atoms with Crippen LogP contribution in [0.5, 0.6) is 5.75 Å². The van der Waals surface area contributed by atoms with E-state index in [-0.39, 0.29) is 13.2 Å². The van der Waals surface area contributed by atoms with Crippen LogP contribution in [0.25, 0.3) is 0 Å². The fraction of sp³-hybridized carbons (Fsp3) is 0.467. The molecule has 1 aliphatic heterocycles. The van der Waals surface area contributed by atoms with E-state index in [1.54, 1.807) is 45.2 Å². The second-order valence-electron chi connectivity index (χ2n) is 5.48. The molecule has 0 N–H and O–H groups in total. The van der Waals surface area contributed by atoms with Crippen LogP contribution in [-0.4, -0.2) is 31.9 Å². The Morgan fingerprint density at radius 3 is 2.52 bits per heavy atom. The van der Waals surface area contributed by atoms with Crippen LogP contribution >= 0.6 is 0 Å². The Bertz CT molecular complexity index is 519. The third kappa shape index (κ3) is 3.65. The van der Waals surface area contributed by atoms with Crippen LogP contribution in [0.1, 0.15) is 19.4 Å². The average molecular weight is 294 g/mol. The summed E-state index contributed by atoms with van der Waals surface area (Å²) in [4.78, 5) is 23.2. The second kappa shape index (κ2) is 6.03. The molecule has 1 atom stereocenters. The van der Waals surface area contributed by atoms with Gasteiger partial charge in [0.1, 0.15) is 19.0 Å². The quantitative estimate of drug-likeness (QED) is 0.793. The highest BCUT2D eigenvalue weighted by atomic mass is 16.7. The van der Waals surface area contributed by atoms with Crippen LogP contribution in [0.3, 0.4) is 0 Å². The molecule has 21 heavy (non-hydrogen) atoms. The number of methoxy groups -OCH3 is 1. The van der Waals surface area contributed by atoms with Crippen LogP contribution in [0.4, 0.5) is 4.79 Å². The molecular formula is C15H18O6. The summed E-state index contributed by atoms with van der Waals surface area (Å²) in [5.74, 6) is 0.179. The number of rotatable bonds is 4. The van der Waals surface area contributed by atoms with E-state index < -0.39 is 23.6 Å². The molecule has 2 rings (SSSR count). The van der Waals surface area contributed by atoms with Gasteiger partial charge in [-0.3, -0.25) is 0 Å². The molecule has 1 unspecified atom stereocenters. The molecule has 0 bridgehead atoms. The summed E-state index contributed by atoms with van der Waals surface area (Å²) in [5.41, 5.74) is 0.247. The zero-order valence-electron chi connectivity index (χ0n) is 12.3. The van der Waals surface area contributed by atoms with Gasteiger partial charge in [-0.05, 0) is 17.7 Å². The monoisotopic (exact) mass is 294 g/mol. The second-order valence-corrected chi connectivity index (χ2v) is 5.48. The fourth-order valence-corrected chi connectivity index (χ4v) is 1.93. The first-order valence-electron chi connectivity index (χ1n) is 6.55. The van der Waals surface area contributed by atoms with Gasteiger partial charge >= 0.3 is 12.1 Å². The Labute approximate surface area is 122 Å². The zero-order valence-corrected chi connectivity index (χ0v) is 12.3. The van der Waals surface area contributed by atoms with E-state index in [0.29, 0.717) is 0 Å². The molecule has 0 spiro atoms. The van der Waals surface area contributed by atoms with E-state index in [2.05, 4.69) is 0 Å². The molecule has 0 radical (unpaired) electrons. The number of carbonyl (C=O) groups excluding carboxylic acids is 2. The van der Waals surface area contributed by atoms with Gasteiger partial charge < -0.3 is 18.9 Å². The van der Waals surface area contributed by atoms with Crippen molar-refractivity contribution in [2.24, 2.45) is 5.41 Å². The lowest BCUT2D eigenvalue weighted by molar-refractivity contribution is -0.146. The number of benzene rings is 1. The topological polar surface area (TPSA) is 71.1 Å². The minimum atomic E-state index is -0.930. The normalized spacial score (nSPS) is 19.8. The molecule has 0 saturated carbocycles. The van der Waals surface area contributed by atoms with Crippen LogP contribution in [-0.2, 0) is 25.6 Å². The van der Waals surface area contributed by atoms with Gasteiger partial charge in [0.25, 0.3) is 0 Å². The lowest BCUT2D eigenvalue weighted by Crippen LogP contribution is -2.35. The molecule has 1 aliphatic rings. The maximum atomic E-state index is 11.7. The van der Waals surface area contributed by atoms with Crippen LogP contribution < -0.4 is 4.74 Å². The van der Waals surface area contributed by atoms with Gasteiger partial charge in [0, 0.05) is 5.41 Å². The molecule has 0 aliphatic carbocycles. The summed E-state index contributed by atoms with van der Waals surface area (Å²) in [6.07, 6.45) is -1.82. The fourth-order valence-electron chi connectivity index (χ4n) is 1.93. The molecule has 6 nitrogen and oxygen atoms in total. The van der Waals surface area contributed by atoms with E-state index in [9.17, 15) is 9.59 Å². The zero-order chi connectivity index (χ0) is 15.5. The third-order valence-electron chi connectivity index (χ3n) is 3.24. The lowest BCUT2D eigenvalue weighted by Gasteiger charge is -2.21. The molecule has 1 heterocycles. The third-order valence-corrected chi connectivity index (χ3v) is 3.24. The summed E-state index contributed by atoms with van der Waals surface area (Å²) in [7, 11) is 1.57. The van der Waals surface area contributed by atoms with E-state index in [1.807, 2.05) is 0 Å². The smallest absolute Gasteiger partial charge is 0.497 e. The maximum Gasteiger partial charge on any atom is 0.509 e. The molecule has 0 amide bonds. The van der Waals surface area contributed by atoms with Crippen molar-refractivity contribution in [1.82, 2.24) is 0 Å². The van der Waals surface area contributed by atoms with E-state index in [1.165, 1.54) is 0 Å². The molecular weight excluding hydrogens is 276 g/mol. The van der Waals surface area contributed by atoms with Crippen molar-refractivity contribution >= 4 is 12.1 Å². The molecule has 0 aromatic heterocycles. The van der Waals surface area contributed by atoms with Gasteiger partial charge in [0.05, 0.1) is 7.11 Å². The van der Waals surface area contributed by atoms with Crippen LogP contribution in [0.15, 0.2) is 24.3 Å². The van der Waals surface area contributed by atoms with Gasteiger partial charge in [-0.1, -0.05) is 26.0 Å². The van der Waals surface area contributed by atoms with Crippen LogP contribution in [0.2, 0.25) is 0 Å². The van der Waals surface area contributed by atoms with Gasteiger partial charge in [0.2, 0.25) is 6.10 Å². The van der Waals surface area contributed by atoms with Gasteiger partial charge in [-0.2, -0.15) is 0 Å². The Morgan fingerprint density at radius 2 is 2.00 bits per heavy atom. The lowest BCUT2D eigenvalue weighted by atomic mass is 9.90. The first kappa shape index (κ1) is 15.2. The van der Waals surface area contributed by atoms with Crippen molar-refractivity contribution in [3.8, 4) is 5.75 Å². The highest BCUT2D eigenvalue weighted by Gasteiger charge is 2.46. The largest absolute Gasteiger partial charge is 0.509 e. The van der Waals surface area contributed by atoms with Crippen molar-refractivity contribution in [2.75, 3.05) is 13.7 Å². The highest BCUT2D eigenvalue weighted by molar-refractivity contribution is 5.80. The van der Waals surface area contributed by atoms with Gasteiger partial charge in [0.15, 0.2) is 0 Å². The highest BCUT2D eigenvalue weighted by Crippen LogP contribution is 2.31. The number of hydrogen-bond acceptors (Lipinski definition) is 6. The maximum absolute atomic E-state index is 11.7. The standard InChI is InChI=1S/C15H18O6/c1-15(2)9-20-13(16)12(15)21-14(17)19-8-10-4-6-11(18-3)7-5-10/h4-7,12H,8-9H2,1-3H3. The van der Waals surface area contributed by atoms with Gasteiger partial charge in [-0.25, -0.2) is 9.59 Å². The Hall–Kier alpha value is -2.24. The number of esters is 1. The number of cyclic esters (lactones) is 1. The molecule has 1 fully saturated rings. The number of ether oxygens (including phenoxy) is 4. The SMILES string of the molecule is COc1ccc(COC(=O)OC2C(=O)OCC2(C)C)cc1. The summed E-state index contributed by atoms with van der Waals surface area (Å²) >= 11 is 0. The van der Waals surface area contributed by atoms with Crippen LogP contribution in [0, 0.1) is 5.41 Å². The summed E-state index contributed by atoms with van der Waals surface area (Å²) in [5, 5.41) is 0. The van der Waals surface area contributed by atoms with E-state index >= 15 is 0 Å².